The van der Waals surface area contributed by atoms with Gasteiger partial charge in [-0.3, -0.25) is 4.79 Å². The average molecular weight is 333 g/mol. The van der Waals surface area contributed by atoms with Crippen LogP contribution >= 0.6 is 24.0 Å². The van der Waals surface area contributed by atoms with Crippen molar-refractivity contribution in [2.24, 2.45) is 5.92 Å². The number of hydrogen-bond acceptors (Lipinski definition) is 3. The number of carbonyl (C=O) groups excluding carboxylic acids is 1. The highest BCUT2D eigenvalue weighted by atomic mass is 35.5. The molecule has 118 valence electrons. The van der Waals surface area contributed by atoms with E-state index < -0.39 is 0 Å². The maximum absolute atomic E-state index is 12.0. The van der Waals surface area contributed by atoms with Gasteiger partial charge in [0.2, 0.25) is 5.91 Å². The molecule has 0 heterocycles. The second kappa shape index (κ2) is 8.47. The highest BCUT2D eigenvalue weighted by molar-refractivity contribution is 6.30. The summed E-state index contributed by atoms with van der Waals surface area (Å²) >= 11 is 5.99. The molecule has 1 saturated carbocycles. The Morgan fingerprint density at radius 3 is 2.81 bits per heavy atom. The van der Waals surface area contributed by atoms with Gasteiger partial charge in [-0.15, -0.1) is 12.4 Å². The van der Waals surface area contributed by atoms with Crippen molar-refractivity contribution < 1.29 is 9.53 Å². The third kappa shape index (κ3) is 5.73. The number of benzene rings is 1. The summed E-state index contributed by atoms with van der Waals surface area (Å²) in [6.07, 6.45) is 2.58. The zero-order valence-corrected chi connectivity index (χ0v) is 14.0. The molecule has 0 aliphatic heterocycles. The molecule has 1 amide bonds. The molecule has 0 bridgehead atoms. The van der Waals surface area contributed by atoms with Crippen LogP contribution in [0.4, 0.5) is 0 Å². The maximum Gasteiger partial charge on any atom is 0.236 e. The summed E-state index contributed by atoms with van der Waals surface area (Å²) in [7, 11) is 3.41. The summed E-state index contributed by atoms with van der Waals surface area (Å²) in [5.74, 6) is 1.61. The van der Waals surface area contributed by atoms with Crippen LogP contribution in [-0.2, 0) is 11.3 Å². The molecule has 6 heteroatoms. The molecule has 4 nitrogen and oxygen atoms in total. The molecule has 0 radical (unpaired) electrons. The number of nitrogens with one attached hydrogen (secondary N) is 1. The van der Waals surface area contributed by atoms with Gasteiger partial charge in [0.05, 0.1) is 13.7 Å². The Bertz CT molecular complexity index is 479. The van der Waals surface area contributed by atoms with E-state index in [0.717, 1.165) is 23.8 Å². The SMILES string of the molecule is COc1ccc(Cl)cc1CN(C)C(=O)CNCC1CC1.Cl. The lowest BCUT2D eigenvalue weighted by atomic mass is 10.2. The Kier molecular flexibility index (Phi) is 7.29. The highest BCUT2D eigenvalue weighted by Crippen LogP contribution is 2.27. The van der Waals surface area contributed by atoms with E-state index >= 15 is 0 Å². The van der Waals surface area contributed by atoms with E-state index in [-0.39, 0.29) is 18.3 Å². The van der Waals surface area contributed by atoms with Gasteiger partial charge in [0.1, 0.15) is 5.75 Å². The summed E-state index contributed by atoms with van der Waals surface area (Å²) in [6, 6.07) is 5.44. The first-order valence-corrected chi connectivity index (χ1v) is 7.25. The van der Waals surface area contributed by atoms with Gasteiger partial charge in [-0.05, 0) is 43.5 Å². The number of rotatable bonds is 7. The first kappa shape index (κ1) is 18.1. The molecule has 0 unspecified atom stereocenters. The zero-order valence-electron chi connectivity index (χ0n) is 12.4. The number of halogens is 2. The van der Waals surface area contributed by atoms with Crippen LogP contribution in [0.25, 0.3) is 0 Å². The van der Waals surface area contributed by atoms with Crippen molar-refractivity contribution in [3.63, 3.8) is 0 Å². The van der Waals surface area contributed by atoms with Gasteiger partial charge < -0.3 is 15.0 Å². The van der Waals surface area contributed by atoms with E-state index in [1.807, 2.05) is 12.1 Å². The fourth-order valence-corrected chi connectivity index (χ4v) is 2.25. The van der Waals surface area contributed by atoms with Gasteiger partial charge in [0, 0.05) is 24.2 Å². The van der Waals surface area contributed by atoms with Gasteiger partial charge in [-0.1, -0.05) is 11.6 Å². The number of carbonyl (C=O) groups is 1. The molecule has 0 spiro atoms. The lowest BCUT2D eigenvalue weighted by Gasteiger charge is -2.19. The van der Waals surface area contributed by atoms with E-state index in [1.165, 1.54) is 12.8 Å². The van der Waals surface area contributed by atoms with E-state index in [2.05, 4.69) is 5.32 Å². The number of methoxy groups -OCH3 is 1. The van der Waals surface area contributed by atoms with Crippen molar-refractivity contribution in [2.45, 2.75) is 19.4 Å². The Balaban J connectivity index is 0.00000220. The molecule has 1 aliphatic carbocycles. The topological polar surface area (TPSA) is 41.6 Å². The summed E-state index contributed by atoms with van der Waals surface area (Å²) in [5, 5.41) is 3.85. The number of hydrogen-bond donors (Lipinski definition) is 1. The van der Waals surface area contributed by atoms with Gasteiger partial charge in [0.25, 0.3) is 0 Å². The average Bonchev–Trinajstić information content (AvgIpc) is 3.23. The van der Waals surface area contributed by atoms with E-state index in [9.17, 15) is 4.79 Å². The van der Waals surface area contributed by atoms with Crippen LogP contribution in [0.3, 0.4) is 0 Å². The highest BCUT2D eigenvalue weighted by Gasteiger charge is 2.21. The summed E-state index contributed by atoms with van der Waals surface area (Å²) in [5.41, 5.74) is 0.915. The molecule has 1 aromatic rings. The van der Waals surface area contributed by atoms with Crippen LogP contribution in [0.1, 0.15) is 18.4 Å². The molecule has 0 saturated heterocycles. The van der Waals surface area contributed by atoms with Crippen molar-refractivity contribution in [1.29, 1.82) is 0 Å². The summed E-state index contributed by atoms with van der Waals surface area (Å²) in [6.45, 7) is 1.82. The normalized spacial score (nSPS) is 13.5. The van der Waals surface area contributed by atoms with Crippen molar-refractivity contribution >= 4 is 29.9 Å². The Morgan fingerprint density at radius 1 is 1.48 bits per heavy atom. The Hall–Kier alpha value is -0.970. The molecular weight excluding hydrogens is 311 g/mol. The summed E-state index contributed by atoms with van der Waals surface area (Å²) < 4.78 is 5.29. The molecular formula is C15H22Cl2N2O2. The minimum atomic E-state index is 0. The first-order chi connectivity index (χ1) is 9.60. The number of amides is 1. The second-order valence-electron chi connectivity index (χ2n) is 5.28. The fraction of sp³-hybridized carbons (Fsp3) is 0.533. The minimum absolute atomic E-state index is 0. The second-order valence-corrected chi connectivity index (χ2v) is 5.72. The van der Waals surface area contributed by atoms with Crippen molar-refractivity contribution in [3.8, 4) is 5.75 Å². The molecule has 1 aliphatic rings. The van der Waals surface area contributed by atoms with Gasteiger partial charge >= 0.3 is 0 Å². The lowest BCUT2D eigenvalue weighted by molar-refractivity contribution is -0.129. The standard InChI is InChI=1S/C15H21ClN2O2.ClH/c1-18(15(19)9-17-8-11-3-4-11)10-12-7-13(16)5-6-14(12)20-2;/h5-7,11,17H,3-4,8-10H2,1-2H3;1H. The minimum Gasteiger partial charge on any atom is -0.496 e. The molecule has 21 heavy (non-hydrogen) atoms. The monoisotopic (exact) mass is 332 g/mol. The van der Waals surface area contributed by atoms with Crippen molar-refractivity contribution in [1.82, 2.24) is 10.2 Å². The zero-order chi connectivity index (χ0) is 14.5. The number of nitrogens with zero attached hydrogens (tertiary/aromatic N) is 1. The predicted octanol–water partition coefficient (Wildman–Crippen LogP) is 2.73. The van der Waals surface area contributed by atoms with E-state index in [4.69, 9.17) is 16.3 Å². The van der Waals surface area contributed by atoms with Gasteiger partial charge in [0.15, 0.2) is 0 Å². The van der Waals surface area contributed by atoms with Gasteiger partial charge in [-0.25, -0.2) is 0 Å². The van der Waals surface area contributed by atoms with Crippen LogP contribution in [0.15, 0.2) is 18.2 Å². The maximum atomic E-state index is 12.0. The van der Waals surface area contributed by atoms with E-state index in [0.29, 0.717) is 18.1 Å². The Morgan fingerprint density at radius 2 is 2.19 bits per heavy atom. The molecule has 1 fully saturated rings. The van der Waals surface area contributed by atoms with Crippen LogP contribution in [0, 0.1) is 5.92 Å². The predicted molar refractivity (Wildman–Crippen MR) is 87.3 cm³/mol. The summed E-state index contributed by atoms with van der Waals surface area (Å²) in [4.78, 5) is 13.7. The molecule has 2 rings (SSSR count). The molecule has 0 atom stereocenters. The molecule has 1 N–H and O–H groups in total. The van der Waals surface area contributed by atoms with Crippen LogP contribution in [0.2, 0.25) is 5.02 Å². The molecule has 1 aromatic carbocycles. The van der Waals surface area contributed by atoms with Gasteiger partial charge in [-0.2, -0.15) is 0 Å². The Labute approximate surface area is 137 Å². The van der Waals surface area contributed by atoms with Crippen molar-refractivity contribution in [2.75, 3.05) is 27.2 Å². The van der Waals surface area contributed by atoms with Crippen LogP contribution < -0.4 is 10.1 Å². The fourth-order valence-electron chi connectivity index (χ4n) is 2.05. The van der Waals surface area contributed by atoms with Crippen molar-refractivity contribution in [3.05, 3.63) is 28.8 Å². The molecule has 0 aromatic heterocycles. The largest absolute Gasteiger partial charge is 0.496 e. The van der Waals surface area contributed by atoms with Crippen LogP contribution in [0.5, 0.6) is 5.75 Å². The van der Waals surface area contributed by atoms with Crippen LogP contribution in [-0.4, -0.2) is 38.1 Å². The first-order valence-electron chi connectivity index (χ1n) is 6.87. The third-order valence-corrected chi connectivity index (χ3v) is 3.72. The lowest BCUT2D eigenvalue weighted by Crippen LogP contribution is -2.35. The number of likely N-dealkylation sites (N-methyl/N-ethyl adjacent to an activating group) is 1. The van der Waals surface area contributed by atoms with E-state index in [1.54, 1.807) is 25.1 Å². The smallest absolute Gasteiger partial charge is 0.236 e. The quantitative estimate of drug-likeness (QED) is 0.834. The number of ether oxygens (including phenoxy) is 1. The third-order valence-electron chi connectivity index (χ3n) is 3.48.